The van der Waals surface area contributed by atoms with Crippen LogP contribution in [-0.4, -0.2) is 36.0 Å². The third-order valence-electron chi connectivity index (χ3n) is 1.95. The van der Waals surface area contributed by atoms with E-state index in [-0.39, 0.29) is 5.84 Å². The highest BCUT2D eigenvalue weighted by molar-refractivity contribution is 5.97. The molecule has 0 fully saturated rings. The van der Waals surface area contributed by atoms with E-state index in [0.717, 1.165) is 0 Å². The molecule has 1 aromatic rings. The van der Waals surface area contributed by atoms with Crippen LogP contribution >= 0.6 is 0 Å². The van der Waals surface area contributed by atoms with Crippen LogP contribution < -0.4 is 10.6 Å². The summed E-state index contributed by atoms with van der Waals surface area (Å²) < 4.78 is 24.3. The summed E-state index contributed by atoms with van der Waals surface area (Å²) in [7, 11) is 1.49. The molecule has 0 bridgehead atoms. The maximum atomic E-state index is 12.1. The number of pyridine rings is 1. The van der Waals surface area contributed by atoms with Gasteiger partial charge in [-0.2, -0.15) is 0 Å². The van der Waals surface area contributed by atoms with Crippen molar-refractivity contribution in [3.63, 3.8) is 0 Å². The van der Waals surface area contributed by atoms with Crippen molar-refractivity contribution in [2.45, 2.75) is 6.43 Å². The molecule has 5 nitrogen and oxygen atoms in total. The minimum Gasteiger partial charge on any atom is -0.409 e. The normalized spacial score (nSPS) is 11.9. The van der Waals surface area contributed by atoms with Gasteiger partial charge in [-0.3, -0.25) is 0 Å². The maximum absolute atomic E-state index is 12.1. The molecule has 88 valence electrons. The van der Waals surface area contributed by atoms with Crippen LogP contribution in [0.1, 0.15) is 5.56 Å². The molecule has 0 aliphatic heterocycles. The first-order valence-electron chi connectivity index (χ1n) is 4.48. The molecular formula is C9H12F2N4O. The van der Waals surface area contributed by atoms with Gasteiger partial charge in [-0.05, 0) is 12.1 Å². The summed E-state index contributed by atoms with van der Waals surface area (Å²) in [5, 5.41) is 11.3. The van der Waals surface area contributed by atoms with Gasteiger partial charge in [0.1, 0.15) is 5.82 Å². The number of rotatable bonds is 4. The summed E-state index contributed by atoms with van der Waals surface area (Å²) in [6, 6.07) is 2.99. The maximum Gasteiger partial charge on any atom is 0.255 e. The summed E-state index contributed by atoms with van der Waals surface area (Å²) in [5.74, 6) is 0.249. The van der Waals surface area contributed by atoms with E-state index in [9.17, 15) is 8.78 Å². The molecule has 1 aromatic heterocycles. The zero-order valence-corrected chi connectivity index (χ0v) is 8.64. The Balaban J connectivity index is 2.90. The number of oxime groups is 1. The summed E-state index contributed by atoms with van der Waals surface area (Å²) in [5.41, 5.74) is 5.79. The summed E-state index contributed by atoms with van der Waals surface area (Å²) in [6.07, 6.45) is -1.04. The van der Waals surface area contributed by atoms with Gasteiger partial charge in [-0.1, -0.05) is 5.16 Å². The summed E-state index contributed by atoms with van der Waals surface area (Å²) in [6.45, 7) is -0.424. The predicted molar refractivity (Wildman–Crippen MR) is 56.0 cm³/mol. The second-order valence-corrected chi connectivity index (χ2v) is 3.16. The average molecular weight is 230 g/mol. The Labute approximate surface area is 91.2 Å². The Hall–Kier alpha value is -1.92. The largest absolute Gasteiger partial charge is 0.409 e. The van der Waals surface area contributed by atoms with Crippen LogP contribution in [0.2, 0.25) is 0 Å². The first kappa shape index (κ1) is 12.2. The van der Waals surface area contributed by atoms with Gasteiger partial charge >= 0.3 is 0 Å². The summed E-state index contributed by atoms with van der Waals surface area (Å²) in [4.78, 5) is 5.20. The van der Waals surface area contributed by atoms with E-state index < -0.39 is 13.0 Å². The smallest absolute Gasteiger partial charge is 0.255 e. The number of alkyl halides is 2. The Morgan fingerprint density at radius 1 is 1.69 bits per heavy atom. The molecule has 0 radical (unpaired) electrons. The number of hydrogen-bond acceptors (Lipinski definition) is 4. The molecule has 0 saturated heterocycles. The molecule has 3 N–H and O–H groups in total. The highest BCUT2D eigenvalue weighted by atomic mass is 19.3. The van der Waals surface area contributed by atoms with E-state index in [4.69, 9.17) is 10.9 Å². The Morgan fingerprint density at radius 2 is 2.38 bits per heavy atom. The SMILES string of the molecule is CN(CC(F)F)c1cc(/C(N)=N/O)ccn1. The Bertz CT molecular complexity index is 384. The molecule has 0 spiro atoms. The summed E-state index contributed by atoms with van der Waals surface area (Å²) >= 11 is 0. The molecule has 0 unspecified atom stereocenters. The molecule has 0 amide bonds. The third-order valence-corrected chi connectivity index (χ3v) is 1.95. The van der Waals surface area contributed by atoms with Crippen molar-refractivity contribution in [3.05, 3.63) is 23.9 Å². The quantitative estimate of drug-likeness (QED) is 0.348. The van der Waals surface area contributed by atoms with Crippen LogP contribution in [-0.2, 0) is 0 Å². The van der Waals surface area contributed by atoms with Crippen LogP contribution in [0.5, 0.6) is 0 Å². The van der Waals surface area contributed by atoms with Crippen LogP contribution in [0.25, 0.3) is 0 Å². The van der Waals surface area contributed by atoms with Gasteiger partial charge in [0.05, 0.1) is 6.54 Å². The van der Waals surface area contributed by atoms with Gasteiger partial charge in [-0.15, -0.1) is 0 Å². The number of amidine groups is 1. The van der Waals surface area contributed by atoms with Crippen LogP contribution in [0.15, 0.2) is 23.5 Å². The van der Waals surface area contributed by atoms with Crippen molar-refractivity contribution in [2.75, 3.05) is 18.5 Å². The monoisotopic (exact) mass is 230 g/mol. The number of halogens is 2. The van der Waals surface area contributed by atoms with E-state index in [1.54, 1.807) is 0 Å². The zero-order chi connectivity index (χ0) is 12.1. The lowest BCUT2D eigenvalue weighted by Crippen LogP contribution is -2.25. The van der Waals surface area contributed by atoms with Crippen molar-refractivity contribution in [2.24, 2.45) is 10.9 Å². The number of nitrogens with two attached hydrogens (primary N) is 1. The average Bonchev–Trinajstić information content (AvgIpc) is 2.27. The lowest BCUT2D eigenvalue weighted by Gasteiger charge is -2.17. The van der Waals surface area contributed by atoms with E-state index in [1.165, 1.54) is 30.3 Å². The first-order chi connectivity index (χ1) is 7.54. The Morgan fingerprint density at radius 3 is 2.94 bits per heavy atom. The fourth-order valence-electron chi connectivity index (χ4n) is 1.14. The molecule has 16 heavy (non-hydrogen) atoms. The highest BCUT2D eigenvalue weighted by Crippen LogP contribution is 2.12. The number of hydrogen-bond donors (Lipinski definition) is 2. The number of aromatic nitrogens is 1. The van der Waals surface area contributed by atoms with Gasteiger partial charge in [0.25, 0.3) is 6.43 Å². The molecule has 0 saturated carbocycles. The van der Waals surface area contributed by atoms with Gasteiger partial charge < -0.3 is 15.8 Å². The fraction of sp³-hybridized carbons (Fsp3) is 0.333. The van der Waals surface area contributed by atoms with E-state index in [0.29, 0.717) is 11.4 Å². The minimum absolute atomic E-state index is 0.0888. The second-order valence-electron chi connectivity index (χ2n) is 3.16. The second kappa shape index (κ2) is 5.24. The molecule has 0 atom stereocenters. The van der Waals surface area contributed by atoms with E-state index >= 15 is 0 Å². The van der Waals surface area contributed by atoms with Crippen molar-refractivity contribution < 1.29 is 14.0 Å². The molecule has 7 heteroatoms. The zero-order valence-electron chi connectivity index (χ0n) is 8.64. The number of anilines is 1. The molecule has 1 rings (SSSR count). The molecule has 0 aliphatic carbocycles. The van der Waals surface area contributed by atoms with Crippen LogP contribution in [0.4, 0.5) is 14.6 Å². The van der Waals surface area contributed by atoms with Gasteiger partial charge in [0.15, 0.2) is 5.84 Å². The first-order valence-corrected chi connectivity index (χ1v) is 4.48. The third kappa shape index (κ3) is 3.04. The molecular weight excluding hydrogens is 218 g/mol. The van der Waals surface area contributed by atoms with Crippen molar-refractivity contribution >= 4 is 11.7 Å². The van der Waals surface area contributed by atoms with Crippen molar-refractivity contribution in [1.82, 2.24) is 4.98 Å². The molecule has 0 aromatic carbocycles. The van der Waals surface area contributed by atoms with Gasteiger partial charge in [0.2, 0.25) is 0 Å². The van der Waals surface area contributed by atoms with Crippen LogP contribution in [0, 0.1) is 0 Å². The minimum atomic E-state index is -2.45. The molecule has 0 aliphatic rings. The molecule has 1 heterocycles. The Kier molecular flexibility index (Phi) is 3.98. The lowest BCUT2D eigenvalue weighted by atomic mass is 10.2. The predicted octanol–water partition coefficient (Wildman–Crippen LogP) is 0.877. The lowest BCUT2D eigenvalue weighted by molar-refractivity contribution is 0.156. The van der Waals surface area contributed by atoms with Crippen molar-refractivity contribution in [3.8, 4) is 0 Å². The van der Waals surface area contributed by atoms with Crippen LogP contribution in [0.3, 0.4) is 0 Å². The van der Waals surface area contributed by atoms with Gasteiger partial charge in [0, 0.05) is 18.8 Å². The van der Waals surface area contributed by atoms with E-state index in [1.807, 2.05) is 0 Å². The highest BCUT2D eigenvalue weighted by Gasteiger charge is 2.10. The van der Waals surface area contributed by atoms with Gasteiger partial charge in [-0.25, -0.2) is 13.8 Å². The standard InChI is InChI=1S/C9H12F2N4O/c1-15(5-7(10)11)8-4-6(2-3-13-8)9(12)14-16/h2-4,7,16H,5H2,1H3,(H2,12,14). The fourth-order valence-corrected chi connectivity index (χ4v) is 1.14. The van der Waals surface area contributed by atoms with E-state index in [2.05, 4.69) is 10.1 Å². The van der Waals surface area contributed by atoms with Crippen molar-refractivity contribution in [1.29, 1.82) is 0 Å². The topological polar surface area (TPSA) is 74.7 Å². The number of nitrogens with zero attached hydrogens (tertiary/aromatic N) is 3.